The van der Waals surface area contributed by atoms with E-state index < -0.39 is 5.41 Å². The number of ether oxygens (including phenoxy) is 3. The number of halogens is 1. The zero-order valence-corrected chi connectivity index (χ0v) is 18.2. The van der Waals surface area contributed by atoms with Gasteiger partial charge in [-0.05, 0) is 62.1 Å². The van der Waals surface area contributed by atoms with E-state index >= 15 is 0 Å². The minimum absolute atomic E-state index is 0.211. The lowest BCUT2D eigenvalue weighted by atomic mass is 9.75. The zero-order valence-electron chi connectivity index (χ0n) is 18.2. The van der Waals surface area contributed by atoms with E-state index in [1.165, 1.54) is 26.4 Å². The standard InChI is InChI=1S/C24H28FNO5/c1-4-31-23(28)24(15-17-6-8-18(25)9-7-17)12-5-13-26(16-24)22(27)20-14-19(29-2)10-11-21(20)30-3/h6-11,14H,4-5,12-13,15-16H2,1-3H3. The van der Waals surface area contributed by atoms with Gasteiger partial charge >= 0.3 is 5.97 Å². The summed E-state index contributed by atoms with van der Waals surface area (Å²) in [4.78, 5) is 28.1. The molecule has 1 amide bonds. The van der Waals surface area contributed by atoms with Crippen LogP contribution in [0.2, 0.25) is 0 Å². The third-order valence-corrected chi connectivity index (χ3v) is 5.67. The van der Waals surface area contributed by atoms with E-state index in [9.17, 15) is 14.0 Å². The first kappa shape index (κ1) is 22.6. The number of benzene rings is 2. The zero-order chi connectivity index (χ0) is 22.4. The normalized spacial score (nSPS) is 18.4. The van der Waals surface area contributed by atoms with Crippen LogP contribution in [0.25, 0.3) is 0 Å². The molecule has 1 unspecified atom stereocenters. The van der Waals surface area contributed by atoms with Crippen molar-refractivity contribution in [2.24, 2.45) is 5.41 Å². The minimum Gasteiger partial charge on any atom is -0.497 e. The highest BCUT2D eigenvalue weighted by atomic mass is 19.1. The lowest BCUT2D eigenvalue weighted by Crippen LogP contribution is -2.51. The molecule has 0 radical (unpaired) electrons. The van der Waals surface area contributed by atoms with Gasteiger partial charge in [-0.3, -0.25) is 9.59 Å². The van der Waals surface area contributed by atoms with Gasteiger partial charge in [-0.1, -0.05) is 12.1 Å². The van der Waals surface area contributed by atoms with Gasteiger partial charge in [0.1, 0.15) is 17.3 Å². The van der Waals surface area contributed by atoms with Gasteiger partial charge in [0.05, 0.1) is 31.8 Å². The summed E-state index contributed by atoms with van der Waals surface area (Å²) in [7, 11) is 3.04. The molecule has 0 N–H and O–H groups in total. The first-order chi connectivity index (χ1) is 14.9. The van der Waals surface area contributed by atoms with Crippen molar-refractivity contribution in [3.8, 4) is 11.5 Å². The molecule has 6 nitrogen and oxygen atoms in total. The molecule has 2 aromatic carbocycles. The van der Waals surface area contributed by atoms with Crippen LogP contribution in [0.4, 0.5) is 4.39 Å². The summed E-state index contributed by atoms with van der Waals surface area (Å²) >= 11 is 0. The monoisotopic (exact) mass is 429 g/mol. The van der Waals surface area contributed by atoms with Crippen LogP contribution in [0.5, 0.6) is 11.5 Å². The number of rotatable bonds is 7. The van der Waals surface area contributed by atoms with Crippen LogP contribution in [-0.4, -0.2) is 50.7 Å². The first-order valence-corrected chi connectivity index (χ1v) is 10.4. The molecule has 0 saturated carbocycles. The van der Waals surface area contributed by atoms with Gasteiger partial charge in [0, 0.05) is 13.1 Å². The van der Waals surface area contributed by atoms with Crippen LogP contribution in [0.1, 0.15) is 35.7 Å². The number of hydrogen-bond acceptors (Lipinski definition) is 5. The van der Waals surface area contributed by atoms with Gasteiger partial charge < -0.3 is 19.1 Å². The SMILES string of the molecule is CCOC(=O)C1(Cc2ccc(F)cc2)CCCN(C(=O)c2cc(OC)ccc2OC)C1. The van der Waals surface area contributed by atoms with Crippen molar-refractivity contribution in [2.45, 2.75) is 26.2 Å². The number of methoxy groups -OCH3 is 2. The number of amides is 1. The molecule has 0 aliphatic carbocycles. The smallest absolute Gasteiger partial charge is 0.314 e. The molecule has 1 saturated heterocycles. The number of esters is 1. The molecule has 3 rings (SSSR count). The molecule has 0 spiro atoms. The number of likely N-dealkylation sites (tertiary alicyclic amines) is 1. The van der Waals surface area contributed by atoms with E-state index in [2.05, 4.69) is 0 Å². The van der Waals surface area contributed by atoms with Crippen LogP contribution < -0.4 is 9.47 Å². The molecular formula is C24H28FNO5. The van der Waals surface area contributed by atoms with E-state index in [1.807, 2.05) is 0 Å². The predicted octanol–water partition coefficient (Wildman–Crippen LogP) is 3.87. The van der Waals surface area contributed by atoms with E-state index in [-0.39, 0.29) is 30.8 Å². The molecule has 166 valence electrons. The second kappa shape index (κ2) is 9.81. The average Bonchev–Trinajstić information content (AvgIpc) is 2.80. The van der Waals surface area contributed by atoms with E-state index in [1.54, 1.807) is 42.2 Å². The van der Waals surface area contributed by atoms with E-state index in [0.29, 0.717) is 42.9 Å². The maximum atomic E-state index is 13.4. The average molecular weight is 429 g/mol. The van der Waals surface area contributed by atoms with Crippen molar-refractivity contribution in [3.63, 3.8) is 0 Å². The summed E-state index contributed by atoms with van der Waals surface area (Å²) < 4.78 is 29.4. The second-order valence-corrected chi connectivity index (χ2v) is 7.70. The Labute approximate surface area is 181 Å². The fourth-order valence-corrected chi connectivity index (χ4v) is 4.12. The summed E-state index contributed by atoms with van der Waals surface area (Å²) in [5.74, 6) is 0.0814. The maximum Gasteiger partial charge on any atom is 0.314 e. The number of piperidine rings is 1. The van der Waals surface area contributed by atoms with Gasteiger partial charge in [-0.25, -0.2) is 4.39 Å². The fraction of sp³-hybridized carbons (Fsp3) is 0.417. The van der Waals surface area contributed by atoms with Crippen LogP contribution in [-0.2, 0) is 16.0 Å². The van der Waals surface area contributed by atoms with Crippen molar-refractivity contribution in [3.05, 3.63) is 59.4 Å². The summed E-state index contributed by atoms with van der Waals surface area (Å²) in [5, 5.41) is 0. The number of nitrogens with zero attached hydrogens (tertiary/aromatic N) is 1. The van der Waals surface area contributed by atoms with Gasteiger partial charge in [0.2, 0.25) is 0 Å². The minimum atomic E-state index is -0.895. The highest BCUT2D eigenvalue weighted by molar-refractivity contribution is 5.98. The lowest BCUT2D eigenvalue weighted by Gasteiger charge is -2.41. The molecule has 1 aliphatic rings. The van der Waals surface area contributed by atoms with Crippen molar-refractivity contribution in [1.82, 2.24) is 4.90 Å². The molecular weight excluding hydrogens is 401 g/mol. The van der Waals surface area contributed by atoms with Crippen molar-refractivity contribution in [1.29, 1.82) is 0 Å². The molecule has 1 atom stereocenters. The van der Waals surface area contributed by atoms with Crippen molar-refractivity contribution in [2.75, 3.05) is 33.9 Å². The molecule has 1 fully saturated rings. The van der Waals surface area contributed by atoms with E-state index in [0.717, 1.165) is 5.56 Å². The predicted molar refractivity (Wildman–Crippen MR) is 114 cm³/mol. The van der Waals surface area contributed by atoms with Gasteiger partial charge in [-0.15, -0.1) is 0 Å². The third-order valence-electron chi connectivity index (χ3n) is 5.67. The van der Waals surface area contributed by atoms with Gasteiger partial charge in [0.15, 0.2) is 0 Å². The molecule has 2 aromatic rings. The quantitative estimate of drug-likeness (QED) is 0.625. The van der Waals surface area contributed by atoms with Crippen LogP contribution in [0.15, 0.2) is 42.5 Å². The Hall–Kier alpha value is -3.09. The Kier molecular flexibility index (Phi) is 7.15. The molecule has 7 heteroatoms. The molecule has 1 aliphatic heterocycles. The topological polar surface area (TPSA) is 65.1 Å². The maximum absolute atomic E-state index is 13.4. The number of carbonyl (C=O) groups is 2. The number of hydrogen-bond donors (Lipinski definition) is 0. The Bertz CT molecular complexity index is 930. The van der Waals surface area contributed by atoms with Crippen LogP contribution >= 0.6 is 0 Å². The molecule has 31 heavy (non-hydrogen) atoms. The van der Waals surface area contributed by atoms with Crippen LogP contribution in [0, 0.1) is 11.2 Å². The molecule has 0 bridgehead atoms. The second-order valence-electron chi connectivity index (χ2n) is 7.70. The van der Waals surface area contributed by atoms with Crippen molar-refractivity contribution >= 4 is 11.9 Å². The summed E-state index contributed by atoms with van der Waals surface area (Å²) in [6, 6.07) is 11.1. The Morgan fingerprint density at radius 2 is 1.84 bits per heavy atom. The summed E-state index contributed by atoms with van der Waals surface area (Å²) in [6.07, 6.45) is 1.60. The lowest BCUT2D eigenvalue weighted by molar-refractivity contribution is -0.158. The van der Waals surface area contributed by atoms with Crippen LogP contribution in [0.3, 0.4) is 0 Å². The first-order valence-electron chi connectivity index (χ1n) is 10.4. The van der Waals surface area contributed by atoms with Crippen molar-refractivity contribution < 1.29 is 28.2 Å². The Morgan fingerprint density at radius 1 is 1.10 bits per heavy atom. The third kappa shape index (κ3) is 4.98. The van der Waals surface area contributed by atoms with E-state index in [4.69, 9.17) is 14.2 Å². The summed E-state index contributed by atoms with van der Waals surface area (Å²) in [6.45, 7) is 2.74. The highest BCUT2D eigenvalue weighted by Gasteiger charge is 2.45. The van der Waals surface area contributed by atoms with Gasteiger partial charge in [0.25, 0.3) is 5.91 Å². The largest absolute Gasteiger partial charge is 0.497 e. The highest BCUT2D eigenvalue weighted by Crippen LogP contribution is 2.37. The number of carbonyl (C=O) groups excluding carboxylic acids is 2. The molecule has 0 aromatic heterocycles. The fourth-order valence-electron chi connectivity index (χ4n) is 4.12. The summed E-state index contributed by atoms with van der Waals surface area (Å²) in [5.41, 5.74) is 0.305. The molecule has 1 heterocycles. The Balaban J connectivity index is 1.92. The Morgan fingerprint density at radius 3 is 2.48 bits per heavy atom. The van der Waals surface area contributed by atoms with Gasteiger partial charge in [-0.2, -0.15) is 0 Å².